The lowest BCUT2D eigenvalue weighted by molar-refractivity contribution is 0.245. The van der Waals surface area contributed by atoms with Crippen molar-refractivity contribution in [2.45, 2.75) is 51.6 Å². The maximum Gasteiger partial charge on any atom is 0.240 e. The summed E-state index contributed by atoms with van der Waals surface area (Å²) in [4.78, 5) is 6.70. The molecule has 104 valence electrons. The molecule has 1 aliphatic carbocycles. The van der Waals surface area contributed by atoms with E-state index < -0.39 is 0 Å². The minimum Gasteiger partial charge on any atom is -0.338 e. The normalized spacial score (nSPS) is 18.0. The van der Waals surface area contributed by atoms with E-state index in [0.29, 0.717) is 11.7 Å². The summed E-state index contributed by atoms with van der Waals surface area (Å²) in [5.74, 6) is 1.37. The van der Waals surface area contributed by atoms with Crippen molar-refractivity contribution >= 4 is 12.4 Å². The molecule has 1 aromatic rings. The fraction of sp³-hybridized carbons (Fsp3) is 0.833. The summed E-state index contributed by atoms with van der Waals surface area (Å²) in [6.07, 6.45) is 4.27. The third-order valence-electron chi connectivity index (χ3n) is 3.66. The van der Waals surface area contributed by atoms with Crippen molar-refractivity contribution in [2.75, 3.05) is 13.1 Å². The number of hydrogen-bond donors (Lipinski definition) is 1. The molecule has 1 aliphatic rings. The Morgan fingerprint density at radius 2 is 1.89 bits per heavy atom. The molecule has 1 fully saturated rings. The zero-order valence-electron chi connectivity index (χ0n) is 11.2. The van der Waals surface area contributed by atoms with Gasteiger partial charge in [-0.15, -0.1) is 12.4 Å². The lowest BCUT2D eigenvalue weighted by atomic mass is 9.99. The molecule has 0 bridgehead atoms. The van der Waals surface area contributed by atoms with Crippen LogP contribution in [-0.2, 0) is 12.1 Å². The van der Waals surface area contributed by atoms with Gasteiger partial charge in [0.05, 0.1) is 12.1 Å². The minimum atomic E-state index is -0.342. The zero-order valence-corrected chi connectivity index (χ0v) is 12.0. The Labute approximate surface area is 115 Å². The molecule has 5 nitrogen and oxygen atoms in total. The van der Waals surface area contributed by atoms with Gasteiger partial charge < -0.3 is 10.3 Å². The van der Waals surface area contributed by atoms with Crippen LogP contribution in [0.3, 0.4) is 0 Å². The third kappa shape index (κ3) is 3.22. The predicted molar refractivity (Wildman–Crippen MR) is 72.5 cm³/mol. The fourth-order valence-corrected chi connectivity index (χ4v) is 2.39. The highest BCUT2D eigenvalue weighted by Gasteiger charge is 2.35. The molecule has 1 aromatic heterocycles. The molecule has 0 amide bonds. The monoisotopic (exact) mass is 274 g/mol. The Bertz CT molecular complexity index is 359. The number of nitrogens with zero attached hydrogens (tertiary/aromatic N) is 3. The van der Waals surface area contributed by atoms with Gasteiger partial charge >= 0.3 is 0 Å². The molecule has 0 atom stereocenters. The molecule has 1 heterocycles. The maximum atomic E-state index is 6.29. The molecule has 0 unspecified atom stereocenters. The van der Waals surface area contributed by atoms with Crippen molar-refractivity contribution in [1.82, 2.24) is 15.0 Å². The SMILES string of the molecule is CCN(CC)Cc1nc(C2(N)CCCC2)no1.Cl. The summed E-state index contributed by atoms with van der Waals surface area (Å²) < 4.78 is 5.29. The molecule has 2 N–H and O–H groups in total. The largest absolute Gasteiger partial charge is 0.338 e. The Balaban J connectivity index is 0.00000162. The van der Waals surface area contributed by atoms with Crippen molar-refractivity contribution in [2.24, 2.45) is 5.73 Å². The van der Waals surface area contributed by atoms with E-state index in [1.165, 1.54) is 0 Å². The van der Waals surface area contributed by atoms with Crippen LogP contribution in [0.1, 0.15) is 51.2 Å². The second kappa shape index (κ2) is 6.50. The van der Waals surface area contributed by atoms with Crippen molar-refractivity contribution in [3.8, 4) is 0 Å². The summed E-state index contributed by atoms with van der Waals surface area (Å²) in [5, 5.41) is 4.05. The summed E-state index contributed by atoms with van der Waals surface area (Å²) in [6, 6.07) is 0. The van der Waals surface area contributed by atoms with Gasteiger partial charge in [-0.1, -0.05) is 31.8 Å². The van der Waals surface area contributed by atoms with Gasteiger partial charge in [0.25, 0.3) is 0 Å². The van der Waals surface area contributed by atoms with Gasteiger partial charge in [-0.05, 0) is 25.9 Å². The van der Waals surface area contributed by atoms with Gasteiger partial charge in [-0.2, -0.15) is 4.98 Å². The molecule has 0 aliphatic heterocycles. The molecule has 0 spiro atoms. The topological polar surface area (TPSA) is 68.2 Å². The second-order valence-electron chi connectivity index (χ2n) is 4.84. The van der Waals surface area contributed by atoms with Crippen LogP contribution in [0, 0.1) is 0 Å². The molecule has 1 saturated carbocycles. The molecule has 0 aromatic carbocycles. The van der Waals surface area contributed by atoms with Gasteiger partial charge in [0.1, 0.15) is 0 Å². The van der Waals surface area contributed by atoms with Crippen LogP contribution in [0.15, 0.2) is 4.52 Å². The van der Waals surface area contributed by atoms with Gasteiger partial charge in [0, 0.05) is 0 Å². The predicted octanol–water partition coefficient (Wildman–Crippen LogP) is 2.06. The molecule has 0 saturated heterocycles. The number of nitrogens with two attached hydrogens (primary N) is 1. The smallest absolute Gasteiger partial charge is 0.240 e. The fourth-order valence-electron chi connectivity index (χ4n) is 2.39. The summed E-state index contributed by atoms with van der Waals surface area (Å²) >= 11 is 0. The van der Waals surface area contributed by atoms with E-state index in [1.807, 2.05) is 0 Å². The number of aromatic nitrogens is 2. The molecule has 2 rings (SSSR count). The van der Waals surface area contributed by atoms with Crippen molar-refractivity contribution in [3.05, 3.63) is 11.7 Å². The van der Waals surface area contributed by atoms with Crippen molar-refractivity contribution < 1.29 is 4.52 Å². The Morgan fingerprint density at radius 1 is 1.28 bits per heavy atom. The van der Waals surface area contributed by atoms with Crippen LogP contribution in [0.5, 0.6) is 0 Å². The second-order valence-corrected chi connectivity index (χ2v) is 4.84. The molecular weight excluding hydrogens is 252 g/mol. The van der Waals surface area contributed by atoms with E-state index in [9.17, 15) is 0 Å². The lowest BCUT2D eigenvalue weighted by Gasteiger charge is -2.18. The summed E-state index contributed by atoms with van der Waals surface area (Å²) in [7, 11) is 0. The van der Waals surface area contributed by atoms with Crippen LogP contribution in [0.4, 0.5) is 0 Å². The minimum absolute atomic E-state index is 0. The summed E-state index contributed by atoms with van der Waals surface area (Å²) in [5.41, 5.74) is 5.95. The molecule has 0 radical (unpaired) electrons. The molecular formula is C12H23ClN4O. The van der Waals surface area contributed by atoms with E-state index in [-0.39, 0.29) is 17.9 Å². The Hall–Kier alpha value is -0.650. The molecule has 18 heavy (non-hydrogen) atoms. The standard InChI is InChI=1S/C12H22N4O.ClH/c1-3-16(4-2)9-10-14-11(15-17-10)12(13)7-5-6-8-12;/h3-9,13H2,1-2H3;1H. The van der Waals surface area contributed by atoms with Crippen LogP contribution < -0.4 is 5.73 Å². The third-order valence-corrected chi connectivity index (χ3v) is 3.66. The zero-order chi connectivity index (χ0) is 12.3. The number of halogens is 1. The van der Waals surface area contributed by atoms with Crippen molar-refractivity contribution in [3.63, 3.8) is 0 Å². The van der Waals surface area contributed by atoms with Crippen LogP contribution >= 0.6 is 12.4 Å². The average Bonchev–Trinajstić information content (AvgIpc) is 2.95. The van der Waals surface area contributed by atoms with E-state index >= 15 is 0 Å². The van der Waals surface area contributed by atoms with E-state index in [1.54, 1.807) is 0 Å². The van der Waals surface area contributed by atoms with Gasteiger partial charge in [-0.3, -0.25) is 4.90 Å². The van der Waals surface area contributed by atoms with Crippen LogP contribution in [-0.4, -0.2) is 28.1 Å². The Morgan fingerprint density at radius 3 is 2.44 bits per heavy atom. The summed E-state index contributed by atoms with van der Waals surface area (Å²) in [6.45, 7) is 6.95. The first-order valence-corrected chi connectivity index (χ1v) is 6.52. The quantitative estimate of drug-likeness (QED) is 0.890. The molecule has 6 heteroatoms. The Kier molecular flexibility index (Phi) is 5.56. The number of rotatable bonds is 5. The van der Waals surface area contributed by atoms with E-state index in [4.69, 9.17) is 10.3 Å². The highest BCUT2D eigenvalue weighted by molar-refractivity contribution is 5.85. The first-order chi connectivity index (χ1) is 8.18. The highest BCUT2D eigenvalue weighted by atomic mass is 35.5. The van der Waals surface area contributed by atoms with Gasteiger partial charge in [0.2, 0.25) is 5.89 Å². The first kappa shape index (κ1) is 15.4. The number of hydrogen-bond acceptors (Lipinski definition) is 5. The first-order valence-electron chi connectivity index (χ1n) is 6.52. The van der Waals surface area contributed by atoms with Crippen LogP contribution in [0.25, 0.3) is 0 Å². The van der Waals surface area contributed by atoms with E-state index in [0.717, 1.165) is 45.3 Å². The van der Waals surface area contributed by atoms with Crippen LogP contribution in [0.2, 0.25) is 0 Å². The van der Waals surface area contributed by atoms with Gasteiger partial charge in [0.15, 0.2) is 5.82 Å². The maximum absolute atomic E-state index is 6.29. The van der Waals surface area contributed by atoms with E-state index in [2.05, 4.69) is 28.9 Å². The van der Waals surface area contributed by atoms with Gasteiger partial charge in [-0.25, -0.2) is 0 Å². The van der Waals surface area contributed by atoms with Crippen molar-refractivity contribution in [1.29, 1.82) is 0 Å². The lowest BCUT2D eigenvalue weighted by Crippen LogP contribution is -2.34. The average molecular weight is 275 g/mol. The highest BCUT2D eigenvalue weighted by Crippen LogP contribution is 2.34.